The van der Waals surface area contributed by atoms with Crippen molar-refractivity contribution in [2.45, 2.75) is 25.6 Å². The molecule has 3 rings (SSSR count). The number of hydrogen-bond acceptors (Lipinski definition) is 2. The first-order valence-electron chi connectivity index (χ1n) is 7.73. The molecule has 2 aromatic rings. The first-order valence-corrected chi connectivity index (χ1v) is 8.61. The molecule has 1 aromatic carbocycles. The molecule has 24 heavy (non-hydrogen) atoms. The SMILES string of the molecule is C[C@H]1c2ccsc2CC[NH+]1CC(=O)Nc1ccccc1C(F)(F)F. The highest BCUT2D eigenvalue weighted by Crippen LogP contribution is 2.34. The van der Waals surface area contributed by atoms with Gasteiger partial charge in [-0.05, 0) is 30.5 Å². The van der Waals surface area contributed by atoms with Gasteiger partial charge in [-0.1, -0.05) is 12.1 Å². The molecule has 0 radical (unpaired) electrons. The zero-order chi connectivity index (χ0) is 17.3. The minimum atomic E-state index is -4.49. The third-order valence-corrected chi connectivity index (χ3v) is 5.42. The highest BCUT2D eigenvalue weighted by atomic mass is 32.1. The van der Waals surface area contributed by atoms with Crippen molar-refractivity contribution in [2.75, 3.05) is 18.4 Å². The second kappa shape index (κ2) is 6.57. The lowest BCUT2D eigenvalue weighted by Gasteiger charge is -2.30. The van der Waals surface area contributed by atoms with Gasteiger partial charge in [-0.15, -0.1) is 11.3 Å². The fraction of sp³-hybridized carbons (Fsp3) is 0.353. The van der Waals surface area contributed by atoms with Gasteiger partial charge in [0.2, 0.25) is 0 Å². The van der Waals surface area contributed by atoms with Gasteiger partial charge in [-0.2, -0.15) is 13.2 Å². The van der Waals surface area contributed by atoms with Gasteiger partial charge >= 0.3 is 6.18 Å². The van der Waals surface area contributed by atoms with Gasteiger partial charge in [-0.25, -0.2) is 0 Å². The second-order valence-electron chi connectivity index (χ2n) is 5.95. The summed E-state index contributed by atoms with van der Waals surface area (Å²) < 4.78 is 39.0. The first kappa shape index (κ1) is 17.0. The van der Waals surface area contributed by atoms with Crippen LogP contribution in [0.2, 0.25) is 0 Å². The van der Waals surface area contributed by atoms with Crippen LogP contribution in [0.15, 0.2) is 35.7 Å². The van der Waals surface area contributed by atoms with Crippen molar-refractivity contribution in [1.29, 1.82) is 0 Å². The molecule has 0 bridgehead atoms. The molecular formula is C17H18F3N2OS+. The van der Waals surface area contributed by atoms with Gasteiger partial charge in [0, 0.05) is 16.9 Å². The predicted octanol–water partition coefficient (Wildman–Crippen LogP) is 2.91. The topological polar surface area (TPSA) is 33.5 Å². The van der Waals surface area contributed by atoms with Gasteiger partial charge in [-0.3, -0.25) is 4.79 Å². The first-order chi connectivity index (χ1) is 11.4. The average molecular weight is 355 g/mol. The van der Waals surface area contributed by atoms with Crippen molar-refractivity contribution in [3.63, 3.8) is 0 Å². The molecule has 0 aliphatic carbocycles. The number of benzene rings is 1. The van der Waals surface area contributed by atoms with Crippen LogP contribution in [0.5, 0.6) is 0 Å². The molecular weight excluding hydrogens is 337 g/mol. The molecule has 1 aromatic heterocycles. The zero-order valence-corrected chi connectivity index (χ0v) is 13.9. The molecule has 1 amide bonds. The lowest BCUT2D eigenvalue weighted by atomic mass is 10.0. The fourth-order valence-corrected chi connectivity index (χ4v) is 4.11. The lowest BCUT2D eigenvalue weighted by molar-refractivity contribution is -0.923. The fourth-order valence-electron chi connectivity index (χ4n) is 3.13. The molecule has 0 fully saturated rings. The van der Waals surface area contributed by atoms with E-state index < -0.39 is 17.6 Å². The normalized spacial score (nSPS) is 20.5. The number of quaternary nitrogens is 1. The summed E-state index contributed by atoms with van der Waals surface area (Å²) in [5.74, 6) is -0.396. The largest absolute Gasteiger partial charge is 0.418 e. The van der Waals surface area contributed by atoms with Gasteiger partial charge in [0.05, 0.1) is 17.8 Å². The molecule has 1 aliphatic rings. The number of alkyl halides is 3. The number of rotatable bonds is 3. The average Bonchev–Trinajstić information content (AvgIpc) is 2.99. The molecule has 128 valence electrons. The third-order valence-electron chi connectivity index (χ3n) is 4.43. The molecule has 2 N–H and O–H groups in total. The second-order valence-corrected chi connectivity index (χ2v) is 6.95. The Morgan fingerprint density at radius 1 is 1.33 bits per heavy atom. The van der Waals surface area contributed by atoms with Crippen LogP contribution in [0.3, 0.4) is 0 Å². The maximum atomic E-state index is 13.0. The van der Waals surface area contributed by atoms with E-state index in [0.29, 0.717) is 0 Å². The van der Waals surface area contributed by atoms with E-state index in [1.165, 1.54) is 28.6 Å². The summed E-state index contributed by atoms with van der Waals surface area (Å²) in [6.45, 7) is 3.02. The number of nitrogens with one attached hydrogen (secondary N) is 2. The Hall–Kier alpha value is -1.86. The summed E-state index contributed by atoms with van der Waals surface area (Å²) in [6, 6.07) is 7.30. The Labute approximate surface area is 142 Å². The van der Waals surface area contributed by atoms with E-state index in [9.17, 15) is 18.0 Å². The third kappa shape index (κ3) is 3.47. The Balaban J connectivity index is 1.69. The highest BCUT2D eigenvalue weighted by Gasteiger charge is 2.34. The highest BCUT2D eigenvalue weighted by molar-refractivity contribution is 7.10. The molecule has 7 heteroatoms. The van der Waals surface area contributed by atoms with E-state index in [-0.39, 0.29) is 18.3 Å². The zero-order valence-electron chi connectivity index (χ0n) is 13.1. The van der Waals surface area contributed by atoms with E-state index >= 15 is 0 Å². The monoisotopic (exact) mass is 355 g/mol. The molecule has 0 spiro atoms. The van der Waals surface area contributed by atoms with Gasteiger partial charge in [0.1, 0.15) is 6.04 Å². The van der Waals surface area contributed by atoms with E-state index in [4.69, 9.17) is 0 Å². The van der Waals surface area contributed by atoms with Gasteiger partial charge < -0.3 is 10.2 Å². The summed E-state index contributed by atoms with van der Waals surface area (Å²) in [7, 11) is 0. The number of para-hydroxylation sites is 1. The van der Waals surface area contributed by atoms with Gasteiger partial charge in [0.15, 0.2) is 6.54 Å². The molecule has 1 aliphatic heterocycles. The van der Waals surface area contributed by atoms with Crippen LogP contribution in [-0.4, -0.2) is 19.0 Å². The van der Waals surface area contributed by atoms with Crippen molar-refractivity contribution in [2.24, 2.45) is 0 Å². The van der Waals surface area contributed by atoms with E-state index in [1.54, 1.807) is 11.3 Å². The minimum absolute atomic E-state index is 0.155. The molecule has 2 atom stereocenters. The predicted molar refractivity (Wildman–Crippen MR) is 87.2 cm³/mol. The molecule has 0 saturated carbocycles. The Bertz CT molecular complexity index is 741. The summed E-state index contributed by atoms with van der Waals surface area (Å²) in [5.41, 5.74) is 0.236. The van der Waals surface area contributed by atoms with Crippen LogP contribution in [-0.2, 0) is 17.4 Å². The number of hydrogen-bond donors (Lipinski definition) is 2. The van der Waals surface area contributed by atoms with E-state index in [0.717, 1.165) is 23.9 Å². The van der Waals surface area contributed by atoms with Crippen molar-refractivity contribution in [3.8, 4) is 0 Å². The summed E-state index contributed by atoms with van der Waals surface area (Å²) >= 11 is 1.72. The van der Waals surface area contributed by atoms with Gasteiger partial charge in [0.25, 0.3) is 5.91 Å². The smallest absolute Gasteiger partial charge is 0.321 e. The van der Waals surface area contributed by atoms with Crippen LogP contribution in [0.1, 0.15) is 29.0 Å². The summed E-state index contributed by atoms with van der Waals surface area (Å²) in [4.78, 5) is 14.7. The van der Waals surface area contributed by atoms with Crippen LogP contribution in [0, 0.1) is 0 Å². The number of halogens is 3. The number of amides is 1. The summed E-state index contributed by atoms with van der Waals surface area (Å²) in [5, 5.41) is 4.47. The van der Waals surface area contributed by atoms with Crippen LogP contribution < -0.4 is 10.2 Å². The number of carbonyl (C=O) groups excluding carboxylic acids is 1. The van der Waals surface area contributed by atoms with E-state index in [1.807, 2.05) is 5.38 Å². The molecule has 2 heterocycles. The van der Waals surface area contributed by atoms with Crippen molar-refractivity contribution < 1.29 is 22.9 Å². The standard InChI is InChI=1S/C17H17F3N2OS/c1-11-12-7-9-24-15(12)6-8-22(11)10-16(23)21-14-5-3-2-4-13(14)17(18,19)20/h2-5,7,9,11H,6,8,10H2,1H3,(H,21,23)/p+1/t11-/m0/s1. The number of carbonyl (C=O) groups is 1. The molecule has 3 nitrogen and oxygen atoms in total. The van der Waals surface area contributed by atoms with Crippen molar-refractivity contribution in [1.82, 2.24) is 0 Å². The molecule has 0 saturated heterocycles. The number of thiophene rings is 1. The minimum Gasteiger partial charge on any atom is -0.321 e. The van der Waals surface area contributed by atoms with Crippen molar-refractivity contribution >= 4 is 22.9 Å². The maximum Gasteiger partial charge on any atom is 0.418 e. The van der Waals surface area contributed by atoms with Crippen LogP contribution in [0.25, 0.3) is 0 Å². The quantitative estimate of drug-likeness (QED) is 0.872. The van der Waals surface area contributed by atoms with Crippen molar-refractivity contribution in [3.05, 3.63) is 51.7 Å². The lowest BCUT2D eigenvalue weighted by Crippen LogP contribution is -3.14. The Morgan fingerprint density at radius 2 is 2.08 bits per heavy atom. The van der Waals surface area contributed by atoms with Crippen LogP contribution >= 0.6 is 11.3 Å². The number of fused-ring (bicyclic) bond motifs is 1. The number of anilines is 1. The Morgan fingerprint density at radius 3 is 2.83 bits per heavy atom. The maximum absolute atomic E-state index is 13.0. The van der Waals surface area contributed by atoms with Crippen LogP contribution in [0.4, 0.5) is 18.9 Å². The summed E-state index contributed by atoms with van der Waals surface area (Å²) in [6.07, 6.45) is -3.58. The Kier molecular flexibility index (Phi) is 4.64. The molecule has 1 unspecified atom stereocenters. The van der Waals surface area contributed by atoms with E-state index in [2.05, 4.69) is 18.3 Å².